The molecule has 0 fully saturated rings. The Morgan fingerprint density at radius 1 is 1.31 bits per heavy atom. The number of aryl methyl sites for hydroxylation is 2. The monoisotopic (exact) mass is 370 g/mol. The quantitative estimate of drug-likeness (QED) is 0.765. The van der Waals surface area contributed by atoms with Gasteiger partial charge in [-0.15, -0.1) is 5.10 Å². The molecule has 1 unspecified atom stereocenters. The first kappa shape index (κ1) is 16.5. The molecule has 3 aromatic rings. The van der Waals surface area contributed by atoms with Crippen LogP contribution < -0.4 is 5.56 Å². The third-order valence-electron chi connectivity index (χ3n) is 4.59. The van der Waals surface area contributed by atoms with Crippen LogP contribution in [0.1, 0.15) is 23.7 Å². The lowest BCUT2D eigenvalue weighted by molar-refractivity contribution is -0.140. The van der Waals surface area contributed by atoms with Gasteiger partial charge >= 0.3 is 5.97 Å². The van der Waals surface area contributed by atoms with E-state index in [4.69, 9.17) is 11.6 Å². The number of fused-ring (bicyclic) bond motifs is 1. The van der Waals surface area contributed by atoms with Crippen molar-refractivity contribution >= 4 is 17.6 Å². The Bertz CT molecular complexity index is 1090. The van der Waals surface area contributed by atoms with E-state index in [1.165, 1.54) is 10.6 Å². The second kappa shape index (κ2) is 6.10. The Kier molecular flexibility index (Phi) is 3.88. The van der Waals surface area contributed by atoms with Gasteiger partial charge in [-0.3, -0.25) is 9.36 Å². The van der Waals surface area contributed by atoms with Gasteiger partial charge in [0.15, 0.2) is 5.15 Å². The number of aromatic nitrogens is 4. The third kappa shape index (κ3) is 2.70. The minimum absolute atomic E-state index is 0.273. The highest BCUT2D eigenvalue weighted by atomic mass is 35.5. The summed E-state index contributed by atoms with van der Waals surface area (Å²) < 4.78 is 2.93. The number of carbonyl (C=O) groups is 1. The largest absolute Gasteiger partial charge is 0.480 e. The van der Waals surface area contributed by atoms with Crippen LogP contribution in [0.3, 0.4) is 0 Å². The predicted molar refractivity (Wildman–Crippen MR) is 95.8 cm³/mol. The fourth-order valence-corrected chi connectivity index (χ4v) is 3.55. The lowest BCUT2D eigenvalue weighted by atomic mass is 10.0. The van der Waals surface area contributed by atoms with E-state index in [2.05, 4.69) is 10.3 Å². The molecule has 0 amide bonds. The Morgan fingerprint density at radius 3 is 2.81 bits per heavy atom. The van der Waals surface area contributed by atoms with Gasteiger partial charge in [0, 0.05) is 17.3 Å². The number of carboxylic acids is 1. The van der Waals surface area contributed by atoms with Crippen molar-refractivity contribution in [2.45, 2.75) is 25.8 Å². The molecule has 0 radical (unpaired) electrons. The lowest BCUT2D eigenvalue weighted by Crippen LogP contribution is -2.27. The molecule has 1 N–H and O–H groups in total. The van der Waals surface area contributed by atoms with Gasteiger partial charge < -0.3 is 5.11 Å². The average molecular weight is 371 g/mol. The van der Waals surface area contributed by atoms with Crippen molar-refractivity contribution in [1.82, 2.24) is 19.6 Å². The van der Waals surface area contributed by atoms with Crippen molar-refractivity contribution in [3.63, 3.8) is 0 Å². The molecule has 8 heteroatoms. The Hall–Kier alpha value is -2.93. The smallest absolute Gasteiger partial charge is 0.326 e. The Balaban J connectivity index is 1.90. The van der Waals surface area contributed by atoms with Crippen LogP contribution in [0.2, 0.25) is 5.15 Å². The highest BCUT2D eigenvalue weighted by Gasteiger charge is 2.29. The SMILES string of the molecule is Cc1ccc(-n2cc(Cl)nn2)c(-c2cc3n(c(=O)c2)C(C(=O)O)CC3)c1. The summed E-state index contributed by atoms with van der Waals surface area (Å²) in [5.41, 5.74) is 3.71. The fourth-order valence-electron chi connectivity index (χ4n) is 3.43. The van der Waals surface area contributed by atoms with Crippen LogP contribution >= 0.6 is 11.6 Å². The molecule has 0 bridgehead atoms. The van der Waals surface area contributed by atoms with Crippen LogP contribution in [0.5, 0.6) is 0 Å². The molecule has 0 saturated carbocycles. The van der Waals surface area contributed by atoms with E-state index in [0.717, 1.165) is 28.1 Å². The Morgan fingerprint density at radius 2 is 2.12 bits per heavy atom. The maximum absolute atomic E-state index is 12.6. The minimum Gasteiger partial charge on any atom is -0.480 e. The normalized spacial score (nSPS) is 15.8. The van der Waals surface area contributed by atoms with Gasteiger partial charge in [0.25, 0.3) is 5.56 Å². The molecular formula is C18H15ClN4O3. The number of benzene rings is 1. The standard InChI is InChI=1S/C18H15ClN4O3/c1-10-2-4-14(22-9-16(19)20-21-22)13(6-10)11-7-12-3-5-15(18(25)26)23(12)17(24)8-11/h2,4,6-9,15H,3,5H2,1H3,(H,25,26). The second-order valence-electron chi connectivity index (χ2n) is 6.34. The summed E-state index contributed by atoms with van der Waals surface area (Å²) in [6, 6.07) is 8.34. The number of carboxylic acid groups (broad SMARTS) is 1. The molecule has 1 atom stereocenters. The van der Waals surface area contributed by atoms with E-state index in [1.807, 2.05) is 31.2 Å². The molecule has 3 heterocycles. The summed E-state index contributed by atoms with van der Waals surface area (Å²) in [5, 5.41) is 17.4. The zero-order valence-corrected chi connectivity index (χ0v) is 14.6. The third-order valence-corrected chi connectivity index (χ3v) is 4.77. The molecule has 2 aromatic heterocycles. The van der Waals surface area contributed by atoms with Crippen molar-refractivity contribution in [1.29, 1.82) is 0 Å². The summed E-state index contributed by atoms with van der Waals surface area (Å²) in [6.45, 7) is 1.96. The number of hydrogen-bond acceptors (Lipinski definition) is 4. The topological polar surface area (TPSA) is 90.0 Å². The van der Waals surface area contributed by atoms with Crippen molar-refractivity contribution in [2.24, 2.45) is 0 Å². The molecular weight excluding hydrogens is 356 g/mol. The minimum atomic E-state index is -0.980. The van der Waals surface area contributed by atoms with Gasteiger partial charge in [-0.2, -0.15) is 0 Å². The summed E-state index contributed by atoms with van der Waals surface area (Å²) in [5.74, 6) is -0.980. The van der Waals surface area contributed by atoms with Gasteiger partial charge in [0.05, 0.1) is 11.9 Å². The van der Waals surface area contributed by atoms with Gasteiger partial charge in [-0.05, 0) is 43.5 Å². The lowest BCUT2D eigenvalue weighted by Gasteiger charge is -2.14. The first-order chi connectivity index (χ1) is 12.4. The van der Waals surface area contributed by atoms with Crippen LogP contribution in [-0.2, 0) is 11.2 Å². The van der Waals surface area contributed by atoms with Crippen LogP contribution in [0.25, 0.3) is 16.8 Å². The zero-order valence-electron chi connectivity index (χ0n) is 13.9. The van der Waals surface area contributed by atoms with Crippen molar-refractivity contribution < 1.29 is 9.90 Å². The van der Waals surface area contributed by atoms with Crippen molar-refractivity contribution in [3.8, 4) is 16.8 Å². The molecule has 1 aromatic carbocycles. The first-order valence-corrected chi connectivity index (χ1v) is 8.49. The summed E-state index contributed by atoms with van der Waals surface area (Å²) >= 11 is 5.88. The molecule has 0 aliphatic carbocycles. The van der Waals surface area contributed by atoms with Crippen LogP contribution in [0.15, 0.2) is 41.3 Å². The van der Waals surface area contributed by atoms with Crippen LogP contribution in [-0.4, -0.2) is 30.6 Å². The van der Waals surface area contributed by atoms with Gasteiger partial charge in [0.1, 0.15) is 6.04 Å². The maximum Gasteiger partial charge on any atom is 0.326 e. The summed E-state index contributed by atoms with van der Waals surface area (Å²) in [6.07, 6.45) is 2.57. The van der Waals surface area contributed by atoms with E-state index < -0.39 is 12.0 Å². The van der Waals surface area contributed by atoms with E-state index in [9.17, 15) is 14.7 Å². The van der Waals surface area contributed by atoms with Crippen molar-refractivity contribution in [2.75, 3.05) is 0 Å². The molecule has 4 rings (SSSR count). The van der Waals surface area contributed by atoms with Crippen LogP contribution in [0.4, 0.5) is 0 Å². The van der Waals surface area contributed by atoms with Crippen molar-refractivity contribution in [3.05, 3.63) is 63.3 Å². The fraction of sp³-hybridized carbons (Fsp3) is 0.222. The molecule has 1 aliphatic heterocycles. The number of aliphatic carboxylic acids is 1. The molecule has 26 heavy (non-hydrogen) atoms. The maximum atomic E-state index is 12.6. The zero-order chi connectivity index (χ0) is 18.4. The number of halogens is 1. The van der Waals surface area contributed by atoms with E-state index >= 15 is 0 Å². The summed E-state index contributed by atoms with van der Waals surface area (Å²) in [7, 11) is 0. The molecule has 0 spiro atoms. The molecule has 7 nitrogen and oxygen atoms in total. The second-order valence-corrected chi connectivity index (χ2v) is 6.73. The highest BCUT2D eigenvalue weighted by Crippen LogP contribution is 2.31. The number of nitrogens with zero attached hydrogens (tertiary/aromatic N) is 4. The van der Waals surface area contributed by atoms with E-state index in [-0.39, 0.29) is 10.7 Å². The number of pyridine rings is 1. The predicted octanol–water partition coefficient (Wildman–Crippen LogP) is 2.63. The van der Waals surface area contributed by atoms with Gasteiger partial charge in [-0.1, -0.05) is 28.4 Å². The molecule has 0 saturated heterocycles. The van der Waals surface area contributed by atoms with E-state index in [1.54, 1.807) is 10.9 Å². The van der Waals surface area contributed by atoms with Crippen LogP contribution in [0, 0.1) is 6.92 Å². The number of hydrogen-bond donors (Lipinski definition) is 1. The van der Waals surface area contributed by atoms with E-state index in [0.29, 0.717) is 12.8 Å². The number of rotatable bonds is 3. The highest BCUT2D eigenvalue weighted by molar-refractivity contribution is 6.29. The molecule has 1 aliphatic rings. The first-order valence-electron chi connectivity index (χ1n) is 8.11. The summed E-state index contributed by atoms with van der Waals surface area (Å²) in [4.78, 5) is 24.0. The average Bonchev–Trinajstić information content (AvgIpc) is 3.21. The molecule has 132 valence electrons. The van der Waals surface area contributed by atoms with Gasteiger partial charge in [0.2, 0.25) is 0 Å². The Labute approximate surface area is 153 Å². The van der Waals surface area contributed by atoms with Gasteiger partial charge in [-0.25, -0.2) is 9.48 Å².